The Balaban J connectivity index is 2.00. The molecule has 0 aliphatic rings. The van der Waals surface area contributed by atoms with Crippen LogP contribution in [0.25, 0.3) is 0 Å². The van der Waals surface area contributed by atoms with Gasteiger partial charge in [0.15, 0.2) is 0 Å². The van der Waals surface area contributed by atoms with Crippen LogP contribution in [0.3, 0.4) is 0 Å². The van der Waals surface area contributed by atoms with Crippen LogP contribution in [0, 0.1) is 0 Å². The van der Waals surface area contributed by atoms with E-state index in [0.29, 0.717) is 0 Å². The zero-order chi connectivity index (χ0) is 13.1. The summed E-state index contributed by atoms with van der Waals surface area (Å²) >= 11 is 0. The minimum Gasteiger partial charge on any atom is -0.497 e. The molecule has 1 rings (SSSR count). The van der Waals surface area contributed by atoms with Crippen LogP contribution in [0.5, 0.6) is 5.75 Å². The number of aryl methyl sites for hydroxylation is 1. The van der Waals surface area contributed by atoms with Gasteiger partial charge >= 0.3 is 0 Å². The summed E-state index contributed by atoms with van der Waals surface area (Å²) in [4.78, 5) is 0. The summed E-state index contributed by atoms with van der Waals surface area (Å²) in [5.74, 6) is 0.953. The summed E-state index contributed by atoms with van der Waals surface area (Å²) in [6.45, 7) is 2.27. The molecular weight excluding hydrogens is 220 g/mol. The van der Waals surface area contributed by atoms with Gasteiger partial charge in [-0.15, -0.1) is 0 Å². The molecule has 0 unspecified atom stereocenters. The number of ether oxygens (including phenoxy) is 1. The fourth-order valence-electron chi connectivity index (χ4n) is 2.26. The van der Waals surface area contributed by atoms with Crippen molar-refractivity contribution in [3.8, 4) is 5.75 Å². The standard InChI is InChI=1S/C17H28O/c1-3-4-5-6-7-8-9-10-11-16-12-14-17(18-2)15-13-16/h12-15H,3-11H2,1-2H3. The Kier molecular flexibility index (Phi) is 8.37. The lowest BCUT2D eigenvalue weighted by molar-refractivity contribution is 0.414. The first-order chi connectivity index (χ1) is 8.86. The third-order valence-electron chi connectivity index (χ3n) is 3.48. The molecule has 102 valence electrons. The van der Waals surface area contributed by atoms with E-state index in [-0.39, 0.29) is 0 Å². The van der Waals surface area contributed by atoms with Gasteiger partial charge in [0.2, 0.25) is 0 Å². The molecule has 0 saturated carbocycles. The van der Waals surface area contributed by atoms with Crippen molar-refractivity contribution < 1.29 is 4.74 Å². The highest BCUT2D eigenvalue weighted by Gasteiger charge is 1.95. The maximum Gasteiger partial charge on any atom is 0.118 e. The maximum atomic E-state index is 5.16. The molecular formula is C17H28O. The molecule has 1 aromatic rings. The molecule has 0 aliphatic carbocycles. The second kappa shape index (κ2) is 9.99. The predicted octanol–water partition coefficient (Wildman–Crippen LogP) is 5.38. The van der Waals surface area contributed by atoms with E-state index in [1.54, 1.807) is 7.11 Å². The average Bonchev–Trinajstić information content (AvgIpc) is 2.42. The van der Waals surface area contributed by atoms with Crippen LogP contribution in [0.4, 0.5) is 0 Å². The van der Waals surface area contributed by atoms with Crippen molar-refractivity contribution in [1.29, 1.82) is 0 Å². The van der Waals surface area contributed by atoms with Gasteiger partial charge in [-0.2, -0.15) is 0 Å². The van der Waals surface area contributed by atoms with Gasteiger partial charge in [-0.25, -0.2) is 0 Å². The van der Waals surface area contributed by atoms with Crippen LogP contribution in [-0.4, -0.2) is 7.11 Å². The molecule has 0 N–H and O–H groups in total. The van der Waals surface area contributed by atoms with Crippen molar-refractivity contribution in [2.24, 2.45) is 0 Å². The zero-order valence-electron chi connectivity index (χ0n) is 12.1. The molecule has 0 bridgehead atoms. The van der Waals surface area contributed by atoms with Crippen LogP contribution in [0.15, 0.2) is 24.3 Å². The Morgan fingerprint density at radius 3 is 1.89 bits per heavy atom. The van der Waals surface area contributed by atoms with E-state index < -0.39 is 0 Å². The second-order valence-electron chi connectivity index (χ2n) is 5.07. The molecule has 1 heteroatoms. The third-order valence-corrected chi connectivity index (χ3v) is 3.48. The average molecular weight is 248 g/mol. The molecule has 0 fully saturated rings. The summed E-state index contributed by atoms with van der Waals surface area (Å²) in [6, 6.07) is 8.47. The first kappa shape index (κ1) is 15.1. The third kappa shape index (κ3) is 6.68. The van der Waals surface area contributed by atoms with Crippen molar-refractivity contribution in [1.82, 2.24) is 0 Å². The number of unbranched alkanes of at least 4 members (excludes halogenated alkanes) is 7. The highest BCUT2D eigenvalue weighted by Crippen LogP contribution is 2.14. The summed E-state index contributed by atoms with van der Waals surface area (Å²) in [7, 11) is 1.72. The molecule has 0 aromatic heterocycles. The van der Waals surface area contributed by atoms with Crippen LogP contribution in [-0.2, 0) is 6.42 Å². The van der Waals surface area contributed by atoms with Gasteiger partial charge in [-0.3, -0.25) is 0 Å². The molecule has 1 aromatic carbocycles. The molecule has 0 aliphatic heterocycles. The van der Waals surface area contributed by atoms with Crippen LogP contribution < -0.4 is 4.74 Å². The minimum atomic E-state index is 0.953. The normalized spacial score (nSPS) is 10.6. The summed E-state index contributed by atoms with van der Waals surface area (Å²) in [6.07, 6.45) is 12.3. The van der Waals surface area contributed by atoms with Gasteiger partial charge in [0.05, 0.1) is 7.11 Å². The fourth-order valence-corrected chi connectivity index (χ4v) is 2.26. The topological polar surface area (TPSA) is 9.23 Å². The van der Waals surface area contributed by atoms with Gasteiger partial charge in [-0.1, -0.05) is 64.0 Å². The van der Waals surface area contributed by atoms with Crippen LogP contribution in [0.1, 0.15) is 63.9 Å². The maximum absolute atomic E-state index is 5.16. The Bertz CT molecular complexity index is 289. The number of benzene rings is 1. The Hall–Kier alpha value is -0.980. The van der Waals surface area contributed by atoms with Gasteiger partial charge in [0, 0.05) is 0 Å². The quantitative estimate of drug-likeness (QED) is 0.505. The SMILES string of the molecule is CCCCCCCCCCc1ccc(OC)cc1. The fraction of sp³-hybridized carbons (Fsp3) is 0.647. The molecule has 0 radical (unpaired) electrons. The van der Waals surface area contributed by atoms with E-state index in [1.165, 1.54) is 63.4 Å². The summed E-state index contributed by atoms with van der Waals surface area (Å²) in [5, 5.41) is 0. The van der Waals surface area contributed by atoms with E-state index in [2.05, 4.69) is 31.2 Å². The van der Waals surface area contributed by atoms with Crippen molar-refractivity contribution in [3.05, 3.63) is 29.8 Å². The highest BCUT2D eigenvalue weighted by atomic mass is 16.5. The summed E-state index contributed by atoms with van der Waals surface area (Å²) < 4.78 is 5.16. The van der Waals surface area contributed by atoms with E-state index in [1.807, 2.05) is 0 Å². The molecule has 1 nitrogen and oxygen atoms in total. The van der Waals surface area contributed by atoms with Crippen LogP contribution in [0.2, 0.25) is 0 Å². The lowest BCUT2D eigenvalue weighted by atomic mass is 10.0. The molecule has 0 heterocycles. The second-order valence-corrected chi connectivity index (χ2v) is 5.07. The molecule has 0 spiro atoms. The Labute approximate surface area is 113 Å². The number of hydrogen-bond donors (Lipinski definition) is 0. The first-order valence-electron chi connectivity index (χ1n) is 7.49. The van der Waals surface area contributed by atoms with Crippen molar-refractivity contribution >= 4 is 0 Å². The van der Waals surface area contributed by atoms with Gasteiger partial charge in [0.1, 0.15) is 5.75 Å². The lowest BCUT2D eigenvalue weighted by Crippen LogP contribution is -1.88. The monoisotopic (exact) mass is 248 g/mol. The Morgan fingerprint density at radius 2 is 1.33 bits per heavy atom. The number of rotatable bonds is 10. The van der Waals surface area contributed by atoms with E-state index >= 15 is 0 Å². The zero-order valence-corrected chi connectivity index (χ0v) is 12.1. The number of methoxy groups -OCH3 is 1. The Morgan fingerprint density at radius 1 is 0.778 bits per heavy atom. The van der Waals surface area contributed by atoms with Crippen LogP contribution >= 0.6 is 0 Å². The van der Waals surface area contributed by atoms with Crippen molar-refractivity contribution in [2.45, 2.75) is 64.7 Å². The highest BCUT2D eigenvalue weighted by molar-refractivity contribution is 5.27. The van der Waals surface area contributed by atoms with E-state index in [9.17, 15) is 0 Å². The first-order valence-corrected chi connectivity index (χ1v) is 7.49. The number of hydrogen-bond acceptors (Lipinski definition) is 1. The van der Waals surface area contributed by atoms with E-state index in [4.69, 9.17) is 4.74 Å². The largest absolute Gasteiger partial charge is 0.497 e. The lowest BCUT2D eigenvalue weighted by Gasteiger charge is -2.04. The van der Waals surface area contributed by atoms with Gasteiger partial charge < -0.3 is 4.74 Å². The van der Waals surface area contributed by atoms with E-state index in [0.717, 1.165) is 5.75 Å². The van der Waals surface area contributed by atoms with Crippen molar-refractivity contribution in [3.63, 3.8) is 0 Å². The van der Waals surface area contributed by atoms with Crippen molar-refractivity contribution in [2.75, 3.05) is 7.11 Å². The molecule has 0 atom stereocenters. The summed E-state index contributed by atoms with van der Waals surface area (Å²) in [5.41, 5.74) is 1.43. The van der Waals surface area contributed by atoms with Gasteiger partial charge in [-0.05, 0) is 30.5 Å². The minimum absolute atomic E-state index is 0.953. The predicted molar refractivity (Wildman–Crippen MR) is 79.3 cm³/mol. The smallest absolute Gasteiger partial charge is 0.118 e. The van der Waals surface area contributed by atoms with Gasteiger partial charge in [0.25, 0.3) is 0 Å². The molecule has 18 heavy (non-hydrogen) atoms. The molecule has 0 amide bonds. The molecule has 0 saturated heterocycles.